The molecule has 0 radical (unpaired) electrons. The van der Waals surface area contributed by atoms with Crippen LogP contribution in [0.5, 0.6) is 5.75 Å². The minimum Gasteiger partial charge on any atom is -0.487 e. The van der Waals surface area contributed by atoms with Crippen LogP contribution < -0.4 is 4.74 Å². The Hall–Kier alpha value is -3.48. The predicted molar refractivity (Wildman–Crippen MR) is 88.8 cm³/mol. The molecule has 0 bridgehead atoms. The lowest BCUT2D eigenvalue weighted by atomic mass is 10.2. The molecule has 1 aromatic carbocycles. The largest absolute Gasteiger partial charge is 0.487 e. The molecule has 0 aliphatic carbocycles. The SMILES string of the molecule is C=C(Cc1nc(-c2ccc(OCc3ccccn3)cc2)no1)C(=O)O. The third-order valence-electron chi connectivity index (χ3n) is 3.36. The van der Waals surface area contributed by atoms with Crippen molar-refractivity contribution in [1.29, 1.82) is 0 Å². The van der Waals surface area contributed by atoms with Gasteiger partial charge in [0.25, 0.3) is 0 Å². The van der Waals surface area contributed by atoms with Crippen molar-refractivity contribution in [1.82, 2.24) is 15.1 Å². The van der Waals surface area contributed by atoms with Crippen LogP contribution in [0.2, 0.25) is 0 Å². The standard InChI is InChI=1S/C18H15N3O4/c1-12(18(22)23)10-16-20-17(21-25-16)13-5-7-15(8-6-13)24-11-14-4-2-3-9-19-14/h2-9H,1,10-11H2,(H,22,23). The van der Waals surface area contributed by atoms with Gasteiger partial charge in [-0.25, -0.2) is 4.79 Å². The Balaban J connectivity index is 1.63. The van der Waals surface area contributed by atoms with E-state index in [2.05, 4.69) is 21.7 Å². The number of ether oxygens (including phenoxy) is 1. The highest BCUT2D eigenvalue weighted by Gasteiger charge is 2.13. The lowest BCUT2D eigenvalue weighted by Gasteiger charge is -2.05. The molecule has 25 heavy (non-hydrogen) atoms. The zero-order chi connectivity index (χ0) is 17.6. The Bertz CT molecular complexity index is 873. The summed E-state index contributed by atoms with van der Waals surface area (Å²) in [5.41, 5.74) is 1.57. The first-order chi connectivity index (χ1) is 12.1. The van der Waals surface area contributed by atoms with E-state index in [4.69, 9.17) is 14.4 Å². The monoisotopic (exact) mass is 337 g/mol. The number of aromatic nitrogens is 3. The summed E-state index contributed by atoms with van der Waals surface area (Å²) in [6.07, 6.45) is 1.72. The van der Waals surface area contributed by atoms with Crippen LogP contribution in [0.25, 0.3) is 11.4 Å². The van der Waals surface area contributed by atoms with Crippen molar-refractivity contribution in [3.05, 3.63) is 72.4 Å². The summed E-state index contributed by atoms with van der Waals surface area (Å²) >= 11 is 0. The zero-order valence-electron chi connectivity index (χ0n) is 13.3. The molecule has 0 saturated heterocycles. The molecule has 7 heteroatoms. The van der Waals surface area contributed by atoms with E-state index >= 15 is 0 Å². The maximum absolute atomic E-state index is 10.8. The van der Waals surface area contributed by atoms with Gasteiger partial charge < -0.3 is 14.4 Å². The summed E-state index contributed by atoms with van der Waals surface area (Å²) in [7, 11) is 0. The number of carboxylic acids is 1. The van der Waals surface area contributed by atoms with Crippen molar-refractivity contribution >= 4 is 5.97 Å². The van der Waals surface area contributed by atoms with Crippen molar-refractivity contribution in [2.45, 2.75) is 13.0 Å². The van der Waals surface area contributed by atoms with Crippen molar-refractivity contribution in [3.8, 4) is 17.1 Å². The summed E-state index contributed by atoms with van der Waals surface area (Å²) in [6, 6.07) is 12.8. The Kier molecular flexibility index (Phi) is 4.84. The molecule has 1 N–H and O–H groups in total. The van der Waals surface area contributed by atoms with Gasteiger partial charge in [-0.15, -0.1) is 0 Å². The molecule has 2 heterocycles. The molecule has 0 aliphatic rings. The number of benzene rings is 1. The maximum atomic E-state index is 10.8. The molecule has 0 unspecified atom stereocenters. The van der Waals surface area contributed by atoms with Crippen LogP contribution in [0.1, 0.15) is 11.6 Å². The zero-order valence-corrected chi connectivity index (χ0v) is 13.3. The van der Waals surface area contributed by atoms with E-state index in [1.807, 2.05) is 18.2 Å². The highest BCUT2D eigenvalue weighted by Crippen LogP contribution is 2.21. The molecule has 2 aromatic heterocycles. The Morgan fingerprint density at radius 2 is 2.00 bits per heavy atom. The fraction of sp³-hybridized carbons (Fsp3) is 0.111. The van der Waals surface area contributed by atoms with Gasteiger partial charge in [0.2, 0.25) is 11.7 Å². The lowest BCUT2D eigenvalue weighted by Crippen LogP contribution is -2.02. The summed E-state index contributed by atoms with van der Waals surface area (Å²) < 4.78 is 10.7. The average molecular weight is 337 g/mol. The van der Waals surface area contributed by atoms with Crippen LogP contribution in [-0.2, 0) is 17.8 Å². The van der Waals surface area contributed by atoms with Gasteiger partial charge in [-0.05, 0) is 36.4 Å². The van der Waals surface area contributed by atoms with Gasteiger partial charge in [-0.2, -0.15) is 4.98 Å². The molecule has 7 nitrogen and oxygen atoms in total. The number of nitrogens with zero attached hydrogens (tertiary/aromatic N) is 3. The number of carboxylic acid groups (broad SMARTS) is 1. The number of carbonyl (C=O) groups is 1. The van der Waals surface area contributed by atoms with E-state index in [9.17, 15) is 4.79 Å². The average Bonchev–Trinajstić information content (AvgIpc) is 3.09. The van der Waals surface area contributed by atoms with E-state index in [1.54, 1.807) is 30.5 Å². The second-order valence-corrected chi connectivity index (χ2v) is 5.23. The van der Waals surface area contributed by atoms with E-state index in [1.165, 1.54) is 0 Å². The molecule has 3 aromatic rings. The number of pyridine rings is 1. The summed E-state index contributed by atoms with van der Waals surface area (Å²) in [6.45, 7) is 3.82. The summed E-state index contributed by atoms with van der Waals surface area (Å²) in [5, 5.41) is 12.7. The second kappa shape index (κ2) is 7.39. The van der Waals surface area contributed by atoms with Crippen LogP contribution in [0.4, 0.5) is 0 Å². The highest BCUT2D eigenvalue weighted by atomic mass is 16.5. The fourth-order valence-electron chi connectivity index (χ4n) is 2.04. The predicted octanol–water partition coefficient (Wildman–Crippen LogP) is 2.89. The van der Waals surface area contributed by atoms with Gasteiger partial charge in [0, 0.05) is 17.3 Å². The van der Waals surface area contributed by atoms with Crippen molar-refractivity contribution < 1.29 is 19.2 Å². The smallest absolute Gasteiger partial charge is 0.331 e. The normalized spacial score (nSPS) is 10.4. The lowest BCUT2D eigenvalue weighted by molar-refractivity contribution is -0.132. The van der Waals surface area contributed by atoms with E-state index in [0.29, 0.717) is 18.2 Å². The van der Waals surface area contributed by atoms with Crippen LogP contribution >= 0.6 is 0 Å². The van der Waals surface area contributed by atoms with Crippen LogP contribution in [0.3, 0.4) is 0 Å². The van der Waals surface area contributed by atoms with Crippen LogP contribution in [-0.4, -0.2) is 26.2 Å². The molecular weight excluding hydrogens is 322 g/mol. The molecule has 0 spiro atoms. The van der Waals surface area contributed by atoms with Crippen molar-refractivity contribution in [2.24, 2.45) is 0 Å². The number of aliphatic carboxylic acids is 1. The van der Waals surface area contributed by atoms with Crippen molar-refractivity contribution in [3.63, 3.8) is 0 Å². The first kappa shape index (κ1) is 16.4. The molecule has 0 aliphatic heterocycles. The molecule has 3 rings (SSSR count). The summed E-state index contributed by atoms with van der Waals surface area (Å²) in [5.74, 6) is 0.189. The van der Waals surface area contributed by atoms with Gasteiger partial charge in [-0.3, -0.25) is 4.98 Å². The Labute approximate surface area is 143 Å². The van der Waals surface area contributed by atoms with Gasteiger partial charge in [-0.1, -0.05) is 17.8 Å². The molecule has 126 valence electrons. The van der Waals surface area contributed by atoms with Crippen LogP contribution in [0, 0.1) is 0 Å². The summed E-state index contributed by atoms with van der Waals surface area (Å²) in [4.78, 5) is 19.1. The highest BCUT2D eigenvalue weighted by molar-refractivity contribution is 5.86. The minimum atomic E-state index is -1.09. The first-order valence-electron chi connectivity index (χ1n) is 7.48. The molecule has 0 amide bonds. The van der Waals surface area contributed by atoms with E-state index in [-0.39, 0.29) is 17.9 Å². The van der Waals surface area contributed by atoms with Gasteiger partial charge >= 0.3 is 5.97 Å². The number of hydrogen-bond acceptors (Lipinski definition) is 6. The Morgan fingerprint density at radius 1 is 1.20 bits per heavy atom. The quantitative estimate of drug-likeness (QED) is 0.662. The Morgan fingerprint density at radius 3 is 2.68 bits per heavy atom. The second-order valence-electron chi connectivity index (χ2n) is 5.23. The molecule has 0 fully saturated rings. The molecular formula is C18H15N3O4. The van der Waals surface area contributed by atoms with Crippen LogP contribution in [0.15, 0.2) is 65.3 Å². The maximum Gasteiger partial charge on any atom is 0.331 e. The topological polar surface area (TPSA) is 98.3 Å². The number of rotatable bonds is 7. The van der Waals surface area contributed by atoms with E-state index in [0.717, 1.165) is 11.3 Å². The fourth-order valence-corrected chi connectivity index (χ4v) is 2.04. The third-order valence-corrected chi connectivity index (χ3v) is 3.36. The third kappa shape index (κ3) is 4.29. The molecule has 0 atom stereocenters. The van der Waals surface area contributed by atoms with Crippen molar-refractivity contribution in [2.75, 3.05) is 0 Å². The first-order valence-corrected chi connectivity index (χ1v) is 7.48. The van der Waals surface area contributed by atoms with Gasteiger partial charge in [0.15, 0.2) is 0 Å². The van der Waals surface area contributed by atoms with Gasteiger partial charge in [0.1, 0.15) is 12.4 Å². The van der Waals surface area contributed by atoms with Gasteiger partial charge in [0.05, 0.1) is 12.1 Å². The molecule has 0 saturated carbocycles. The van der Waals surface area contributed by atoms with E-state index < -0.39 is 5.97 Å². The number of hydrogen-bond donors (Lipinski definition) is 1. The minimum absolute atomic E-state index is 0.00605.